The third kappa shape index (κ3) is 4.49. The third-order valence-corrected chi connectivity index (χ3v) is 4.47. The number of amides is 1. The van der Waals surface area contributed by atoms with Gasteiger partial charge in [-0.25, -0.2) is 4.79 Å². The Morgan fingerprint density at radius 2 is 1.86 bits per heavy atom. The van der Waals surface area contributed by atoms with Crippen molar-refractivity contribution < 1.29 is 19.2 Å². The van der Waals surface area contributed by atoms with Gasteiger partial charge in [-0.3, -0.25) is 14.9 Å². The van der Waals surface area contributed by atoms with Crippen LogP contribution in [0.25, 0.3) is 10.8 Å². The van der Waals surface area contributed by atoms with Crippen molar-refractivity contribution in [3.8, 4) is 0 Å². The molecule has 1 amide bonds. The average molecular weight is 393 g/mol. The molecule has 0 heterocycles. The summed E-state index contributed by atoms with van der Waals surface area (Å²) in [6.07, 6.45) is 0. The Hall–Kier alpha value is -3.94. The lowest BCUT2D eigenvalue weighted by atomic mass is 10.00. The molecule has 1 unspecified atom stereocenters. The van der Waals surface area contributed by atoms with E-state index in [2.05, 4.69) is 5.32 Å². The molecule has 148 valence electrons. The number of rotatable bonds is 6. The first kappa shape index (κ1) is 19.8. The molecular formula is C21H19N3O5. The van der Waals surface area contributed by atoms with E-state index >= 15 is 0 Å². The standard InChI is InChI=1S/C21H19N3O5/c1-13(16-8-4-6-14-5-2-3-7-17(14)16)23-20(25)12-29-21(26)18-11-15(24(27)28)9-10-19(18)22/h2-11,13H,12,22H2,1H3,(H,23,25). The summed E-state index contributed by atoms with van der Waals surface area (Å²) in [7, 11) is 0. The number of nitro groups is 1. The molecule has 3 aromatic carbocycles. The van der Waals surface area contributed by atoms with Gasteiger partial charge in [-0.2, -0.15) is 0 Å². The fourth-order valence-electron chi connectivity index (χ4n) is 3.03. The number of nitrogens with two attached hydrogens (primary N) is 1. The number of ether oxygens (including phenoxy) is 1. The van der Waals surface area contributed by atoms with E-state index in [-0.39, 0.29) is 23.0 Å². The maximum atomic E-state index is 12.2. The van der Waals surface area contributed by atoms with E-state index in [1.165, 1.54) is 12.1 Å². The number of carbonyl (C=O) groups is 2. The van der Waals surface area contributed by atoms with Gasteiger partial charge in [-0.15, -0.1) is 0 Å². The van der Waals surface area contributed by atoms with Gasteiger partial charge in [0, 0.05) is 17.8 Å². The second-order valence-corrected chi connectivity index (χ2v) is 6.46. The van der Waals surface area contributed by atoms with Crippen LogP contribution in [0.3, 0.4) is 0 Å². The van der Waals surface area contributed by atoms with Crippen molar-refractivity contribution in [2.45, 2.75) is 13.0 Å². The highest BCUT2D eigenvalue weighted by Gasteiger charge is 2.19. The van der Waals surface area contributed by atoms with Crippen LogP contribution in [0.1, 0.15) is 28.9 Å². The lowest BCUT2D eigenvalue weighted by molar-refractivity contribution is -0.384. The highest BCUT2D eigenvalue weighted by atomic mass is 16.6. The zero-order valence-electron chi connectivity index (χ0n) is 15.6. The van der Waals surface area contributed by atoms with Crippen molar-refractivity contribution in [1.82, 2.24) is 5.32 Å². The molecule has 1 atom stereocenters. The second kappa shape index (κ2) is 8.39. The van der Waals surface area contributed by atoms with E-state index in [1.807, 2.05) is 49.4 Å². The Balaban J connectivity index is 1.64. The van der Waals surface area contributed by atoms with Crippen molar-refractivity contribution in [2.75, 3.05) is 12.3 Å². The Kier molecular flexibility index (Phi) is 5.73. The fourth-order valence-corrected chi connectivity index (χ4v) is 3.03. The topological polar surface area (TPSA) is 125 Å². The van der Waals surface area contributed by atoms with Gasteiger partial charge in [0.05, 0.1) is 16.5 Å². The number of carbonyl (C=O) groups excluding carboxylic acids is 2. The molecule has 0 spiro atoms. The van der Waals surface area contributed by atoms with Crippen molar-refractivity contribution in [1.29, 1.82) is 0 Å². The molecule has 3 N–H and O–H groups in total. The van der Waals surface area contributed by atoms with Crippen LogP contribution >= 0.6 is 0 Å². The van der Waals surface area contributed by atoms with Crippen LogP contribution in [0.5, 0.6) is 0 Å². The van der Waals surface area contributed by atoms with Crippen LogP contribution < -0.4 is 11.1 Å². The smallest absolute Gasteiger partial charge is 0.341 e. The summed E-state index contributed by atoms with van der Waals surface area (Å²) in [6.45, 7) is 1.30. The zero-order chi connectivity index (χ0) is 21.0. The van der Waals surface area contributed by atoms with Crippen LogP contribution in [0.2, 0.25) is 0 Å². The second-order valence-electron chi connectivity index (χ2n) is 6.46. The van der Waals surface area contributed by atoms with Crippen LogP contribution in [0.15, 0.2) is 60.7 Å². The average Bonchev–Trinajstić information content (AvgIpc) is 2.71. The van der Waals surface area contributed by atoms with Gasteiger partial charge >= 0.3 is 5.97 Å². The zero-order valence-corrected chi connectivity index (χ0v) is 15.6. The summed E-state index contributed by atoms with van der Waals surface area (Å²) < 4.78 is 4.98. The Morgan fingerprint density at radius 1 is 1.14 bits per heavy atom. The fraction of sp³-hybridized carbons (Fsp3) is 0.143. The van der Waals surface area contributed by atoms with E-state index in [4.69, 9.17) is 10.5 Å². The number of nitro benzene ring substituents is 1. The predicted octanol–water partition coefficient (Wildman–Crippen LogP) is 3.36. The molecule has 8 heteroatoms. The third-order valence-electron chi connectivity index (χ3n) is 4.47. The molecule has 0 aliphatic heterocycles. The van der Waals surface area contributed by atoms with E-state index in [1.54, 1.807) is 0 Å². The van der Waals surface area contributed by atoms with Gasteiger partial charge in [0.1, 0.15) is 0 Å². The largest absolute Gasteiger partial charge is 0.452 e. The summed E-state index contributed by atoms with van der Waals surface area (Å²) in [4.78, 5) is 34.6. The minimum atomic E-state index is -0.904. The number of hydrogen-bond donors (Lipinski definition) is 2. The molecule has 0 radical (unpaired) electrons. The number of esters is 1. The highest BCUT2D eigenvalue weighted by Crippen LogP contribution is 2.24. The molecular weight excluding hydrogens is 374 g/mol. The quantitative estimate of drug-likeness (QED) is 0.286. The van der Waals surface area contributed by atoms with Gasteiger partial charge in [0.25, 0.3) is 11.6 Å². The monoisotopic (exact) mass is 393 g/mol. The van der Waals surface area contributed by atoms with E-state index in [0.717, 1.165) is 22.4 Å². The van der Waals surface area contributed by atoms with Crippen LogP contribution in [-0.4, -0.2) is 23.4 Å². The number of nitrogen functional groups attached to an aromatic ring is 1. The maximum absolute atomic E-state index is 12.2. The van der Waals surface area contributed by atoms with Gasteiger partial charge in [0.2, 0.25) is 0 Å². The van der Waals surface area contributed by atoms with Crippen molar-refractivity contribution >= 4 is 34.0 Å². The van der Waals surface area contributed by atoms with Crippen LogP contribution in [-0.2, 0) is 9.53 Å². The van der Waals surface area contributed by atoms with E-state index in [9.17, 15) is 19.7 Å². The number of hydrogen-bond acceptors (Lipinski definition) is 6. The first-order chi connectivity index (χ1) is 13.9. The first-order valence-corrected chi connectivity index (χ1v) is 8.85. The molecule has 8 nitrogen and oxygen atoms in total. The summed E-state index contributed by atoms with van der Waals surface area (Å²) in [5.74, 6) is -1.40. The molecule has 0 aliphatic carbocycles. The molecule has 0 fully saturated rings. The molecule has 29 heavy (non-hydrogen) atoms. The van der Waals surface area contributed by atoms with Crippen molar-refractivity contribution in [3.63, 3.8) is 0 Å². The lowest BCUT2D eigenvalue weighted by Gasteiger charge is -2.16. The van der Waals surface area contributed by atoms with Gasteiger partial charge in [-0.1, -0.05) is 42.5 Å². The molecule has 0 saturated heterocycles. The number of anilines is 1. The normalized spacial score (nSPS) is 11.6. The van der Waals surface area contributed by atoms with Gasteiger partial charge in [-0.05, 0) is 29.3 Å². The SMILES string of the molecule is CC(NC(=O)COC(=O)c1cc([N+](=O)[O-])ccc1N)c1cccc2ccccc12. The molecule has 0 aromatic heterocycles. The van der Waals surface area contributed by atoms with E-state index < -0.39 is 23.4 Å². The number of benzene rings is 3. The lowest BCUT2D eigenvalue weighted by Crippen LogP contribution is -2.31. The summed E-state index contributed by atoms with van der Waals surface area (Å²) in [6, 6.07) is 16.8. The summed E-state index contributed by atoms with van der Waals surface area (Å²) >= 11 is 0. The van der Waals surface area contributed by atoms with Crippen LogP contribution in [0, 0.1) is 10.1 Å². The summed E-state index contributed by atoms with van der Waals surface area (Å²) in [5, 5.41) is 15.7. The summed E-state index contributed by atoms with van der Waals surface area (Å²) in [5.41, 5.74) is 6.20. The number of non-ortho nitro benzene ring substituents is 1. The van der Waals surface area contributed by atoms with E-state index in [0.29, 0.717) is 0 Å². The number of nitrogens with one attached hydrogen (secondary N) is 1. The molecule has 3 rings (SSSR count). The van der Waals surface area contributed by atoms with Crippen LogP contribution in [0.4, 0.5) is 11.4 Å². The number of nitrogens with zero attached hydrogens (tertiary/aromatic N) is 1. The molecule has 0 aliphatic rings. The number of fused-ring (bicyclic) bond motifs is 1. The van der Waals surface area contributed by atoms with Crippen molar-refractivity contribution in [2.24, 2.45) is 0 Å². The minimum Gasteiger partial charge on any atom is -0.452 e. The molecule has 3 aromatic rings. The Bertz CT molecular complexity index is 1090. The predicted molar refractivity (Wildman–Crippen MR) is 108 cm³/mol. The molecule has 0 bridgehead atoms. The van der Waals surface area contributed by atoms with Gasteiger partial charge in [0.15, 0.2) is 6.61 Å². The van der Waals surface area contributed by atoms with Gasteiger partial charge < -0.3 is 15.8 Å². The molecule has 0 saturated carbocycles. The van der Waals surface area contributed by atoms with Crippen molar-refractivity contribution in [3.05, 3.63) is 81.9 Å². The Morgan fingerprint density at radius 3 is 2.62 bits per heavy atom. The minimum absolute atomic E-state index is 0.0325. The maximum Gasteiger partial charge on any atom is 0.341 e. The first-order valence-electron chi connectivity index (χ1n) is 8.85. The Labute approximate surface area is 166 Å². The highest BCUT2D eigenvalue weighted by molar-refractivity contribution is 5.97.